The third-order valence-corrected chi connectivity index (χ3v) is 2.88. The first-order valence-electron chi connectivity index (χ1n) is 5.63. The molecule has 2 N–H and O–H groups in total. The minimum Gasteiger partial charge on any atom is -0.399 e. The smallest absolute Gasteiger partial charge is 0.219 e. The Morgan fingerprint density at radius 2 is 2.00 bits per heavy atom. The predicted octanol–water partition coefficient (Wildman–Crippen LogP) is 2.58. The van der Waals surface area contributed by atoms with Gasteiger partial charge in [0.15, 0.2) is 0 Å². The number of rotatable bonds is 3. The number of amides is 1. The van der Waals surface area contributed by atoms with E-state index in [9.17, 15) is 9.18 Å². The van der Waals surface area contributed by atoms with Gasteiger partial charge in [0.25, 0.3) is 0 Å². The summed E-state index contributed by atoms with van der Waals surface area (Å²) in [5, 5.41) is 0. The molecule has 1 aromatic rings. The van der Waals surface area contributed by atoms with Gasteiger partial charge in [-0.3, -0.25) is 4.79 Å². The summed E-state index contributed by atoms with van der Waals surface area (Å²) in [4.78, 5) is 13.0. The number of hydrogen-bond donors (Lipinski definition) is 1. The van der Waals surface area contributed by atoms with Crippen LogP contribution in [0.3, 0.4) is 0 Å². The van der Waals surface area contributed by atoms with Crippen LogP contribution in [0.5, 0.6) is 0 Å². The molecular weight excluding hydrogens is 219 g/mol. The van der Waals surface area contributed by atoms with Gasteiger partial charge in [-0.05, 0) is 24.1 Å². The lowest BCUT2D eigenvalue weighted by molar-refractivity contribution is -0.130. The molecule has 4 heteroatoms. The van der Waals surface area contributed by atoms with E-state index in [1.807, 2.05) is 13.8 Å². The molecule has 1 amide bonds. The Morgan fingerprint density at radius 3 is 2.47 bits per heavy atom. The van der Waals surface area contributed by atoms with Gasteiger partial charge in [-0.15, -0.1) is 0 Å². The standard InChI is InChI=1S/C13H19FN2O/c1-8(2)13(16(4)9(3)17)11-7-10(15)5-6-12(11)14/h5-8,13H,15H2,1-4H3. The minimum absolute atomic E-state index is 0.0921. The van der Waals surface area contributed by atoms with Gasteiger partial charge < -0.3 is 10.6 Å². The molecule has 0 saturated heterocycles. The Bertz CT molecular complexity index is 418. The van der Waals surface area contributed by atoms with Crippen LogP contribution in [0.4, 0.5) is 10.1 Å². The van der Waals surface area contributed by atoms with Crippen LogP contribution in [-0.2, 0) is 4.79 Å². The fourth-order valence-corrected chi connectivity index (χ4v) is 2.00. The van der Waals surface area contributed by atoms with Crippen LogP contribution in [0, 0.1) is 11.7 Å². The summed E-state index contributed by atoms with van der Waals surface area (Å²) < 4.78 is 13.8. The maximum Gasteiger partial charge on any atom is 0.219 e. The van der Waals surface area contributed by atoms with Crippen molar-refractivity contribution < 1.29 is 9.18 Å². The summed E-state index contributed by atoms with van der Waals surface area (Å²) in [6, 6.07) is 4.16. The molecular formula is C13H19FN2O. The molecule has 0 fully saturated rings. The Hall–Kier alpha value is -1.58. The number of nitrogens with two attached hydrogens (primary N) is 1. The van der Waals surface area contributed by atoms with Crippen LogP contribution in [0.15, 0.2) is 18.2 Å². The van der Waals surface area contributed by atoms with Crippen molar-refractivity contribution in [3.63, 3.8) is 0 Å². The van der Waals surface area contributed by atoms with Gasteiger partial charge >= 0.3 is 0 Å². The molecule has 0 aliphatic heterocycles. The van der Waals surface area contributed by atoms with Crippen LogP contribution in [-0.4, -0.2) is 17.9 Å². The molecule has 17 heavy (non-hydrogen) atoms. The zero-order valence-electron chi connectivity index (χ0n) is 10.7. The predicted molar refractivity (Wildman–Crippen MR) is 66.8 cm³/mol. The van der Waals surface area contributed by atoms with E-state index in [1.165, 1.54) is 19.1 Å². The highest BCUT2D eigenvalue weighted by atomic mass is 19.1. The number of hydrogen-bond acceptors (Lipinski definition) is 2. The van der Waals surface area contributed by atoms with Crippen molar-refractivity contribution in [3.05, 3.63) is 29.6 Å². The zero-order valence-corrected chi connectivity index (χ0v) is 10.7. The molecule has 94 valence electrons. The van der Waals surface area contributed by atoms with Gasteiger partial charge in [-0.25, -0.2) is 4.39 Å². The van der Waals surface area contributed by atoms with E-state index in [2.05, 4.69) is 0 Å². The Balaban J connectivity index is 3.22. The van der Waals surface area contributed by atoms with Gasteiger partial charge in [-0.1, -0.05) is 13.8 Å². The summed E-state index contributed by atoms with van der Waals surface area (Å²) in [5.74, 6) is -0.309. The second kappa shape index (κ2) is 5.17. The summed E-state index contributed by atoms with van der Waals surface area (Å²) in [7, 11) is 1.68. The molecule has 0 bridgehead atoms. The molecule has 0 spiro atoms. The summed E-state index contributed by atoms with van der Waals surface area (Å²) in [5.41, 5.74) is 6.65. The normalized spacial score (nSPS) is 12.6. The van der Waals surface area contributed by atoms with Gasteiger partial charge in [0.2, 0.25) is 5.91 Å². The first-order valence-corrected chi connectivity index (χ1v) is 5.63. The van der Waals surface area contributed by atoms with E-state index in [0.717, 1.165) is 0 Å². The number of nitrogen functional groups attached to an aromatic ring is 1. The van der Waals surface area contributed by atoms with Crippen molar-refractivity contribution in [2.24, 2.45) is 5.92 Å². The summed E-state index contributed by atoms with van der Waals surface area (Å²) in [6.45, 7) is 5.37. The topological polar surface area (TPSA) is 46.3 Å². The highest BCUT2D eigenvalue weighted by Gasteiger charge is 2.25. The zero-order chi connectivity index (χ0) is 13.2. The lowest BCUT2D eigenvalue weighted by atomic mass is 9.94. The summed E-state index contributed by atoms with van der Waals surface area (Å²) in [6.07, 6.45) is 0. The highest BCUT2D eigenvalue weighted by molar-refractivity contribution is 5.73. The maximum atomic E-state index is 13.8. The number of carbonyl (C=O) groups excluding carboxylic acids is 1. The van der Waals surface area contributed by atoms with E-state index >= 15 is 0 Å². The Morgan fingerprint density at radius 1 is 1.41 bits per heavy atom. The lowest BCUT2D eigenvalue weighted by Crippen LogP contribution is -2.33. The first kappa shape index (κ1) is 13.5. The van der Waals surface area contributed by atoms with E-state index in [0.29, 0.717) is 11.3 Å². The maximum absolute atomic E-state index is 13.8. The molecule has 0 radical (unpaired) electrons. The number of nitrogens with zero attached hydrogens (tertiary/aromatic N) is 1. The van der Waals surface area contributed by atoms with Crippen molar-refractivity contribution in [2.75, 3.05) is 12.8 Å². The molecule has 1 rings (SSSR count). The van der Waals surface area contributed by atoms with Gasteiger partial charge in [0, 0.05) is 25.2 Å². The van der Waals surface area contributed by atoms with E-state index in [-0.39, 0.29) is 23.7 Å². The second-order valence-electron chi connectivity index (χ2n) is 4.60. The number of anilines is 1. The second-order valence-corrected chi connectivity index (χ2v) is 4.60. The third kappa shape index (κ3) is 2.96. The van der Waals surface area contributed by atoms with Crippen molar-refractivity contribution in [3.8, 4) is 0 Å². The van der Waals surface area contributed by atoms with Gasteiger partial charge in [0.1, 0.15) is 5.82 Å². The average Bonchev–Trinajstić information content (AvgIpc) is 2.22. The SMILES string of the molecule is CC(=O)N(C)C(c1cc(N)ccc1F)C(C)C. The Labute approximate surface area is 101 Å². The van der Waals surface area contributed by atoms with E-state index < -0.39 is 0 Å². The number of benzene rings is 1. The third-order valence-electron chi connectivity index (χ3n) is 2.88. The molecule has 0 aliphatic rings. The Kier molecular flexibility index (Phi) is 4.10. The quantitative estimate of drug-likeness (QED) is 0.823. The van der Waals surface area contributed by atoms with Crippen LogP contribution in [0.1, 0.15) is 32.4 Å². The molecule has 3 nitrogen and oxygen atoms in total. The summed E-state index contributed by atoms with van der Waals surface area (Å²) >= 11 is 0. The van der Waals surface area contributed by atoms with Crippen molar-refractivity contribution in [1.29, 1.82) is 0 Å². The van der Waals surface area contributed by atoms with E-state index in [4.69, 9.17) is 5.73 Å². The van der Waals surface area contributed by atoms with Crippen LogP contribution < -0.4 is 5.73 Å². The van der Waals surface area contributed by atoms with Crippen LogP contribution >= 0.6 is 0 Å². The lowest BCUT2D eigenvalue weighted by Gasteiger charge is -2.31. The molecule has 0 aliphatic carbocycles. The average molecular weight is 238 g/mol. The van der Waals surface area contributed by atoms with Crippen molar-refractivity contribution >= 4 is 11.6 Å². The van der Waals surface area contributed by atoms with Crippen molar-refractivity contribution in [2.45, 2.75) is 26.8 Å². The van der Waals surface area contributed by atoms with Crippen LogP contribution in [0.2, 0.25) is 0 Å². The fraction of sp³-hybridized carbons (Fsp3) is 0.462. The number of halogens is 1. The minimum atomic E-state index is -0.328. The molecule has 0 saturated carbocycles. The monoisotopic (exact) mass is 238 g/mol. The molecule has 1 unspecified atom stereocenters. The van der Waals surface area contributed by atoms with Gasteiger partial charge in [0.05, 0.1) is 6.04 Å². The fourth-order valence-electron chi connectivity index (χ4n) is 2.00. The number of carbonyl (C=O) groups is 1. The largest absolute Gasteiger partial charge is 0.399 e. The molecule has 1 atom stereocenters. The first-order chi connectivity index (χ1) is 7.84. The molecule has 0 aromatic heterocycles. The molecule has 1 aromatic carbocycles. The van der Waals surface area contributed by atoms with Gasteiger partial charge in [-0.2, -0.15) is 0 Å². The van der Waals surface area contributed by atoms with Crippen LogP contribution in [0.25, 0.3) is 0 Å². The molecule has 0 heterocycles. The van der Waals surface area contributed by atoms with Crippen molar-refractivity contribution in [1.82, 2.24) is 4.90 Å². The van der Waals surface area contributed by atoms with E-state index in [1.54, 1.807) is 18.0 Å². The highest BCUT2D eigenvalue weighted by Crippen LogP contribution is 2.30.